The van der Waals surface area contributed by atoms with Gasteiger partial charge in [-0.3, -0.25) is 14.6 Å². The van der Waals surface area contributed by atoms with Crippen LogP contribution in [-0.4, -0.2) is 33.3 Å². The molecule has 1 unspecified atom stereocenters. The van der Waals surface area contributed by atoms with Crippen molar-refractivity contribution < 1.29 is 19.4 Å². The van der Waals surface area contributed by atoms with Gasteiger partial charge in [-0.25, -0.2) is 0 Å². The summed E-state index contributed by atoms with van der Waals surface area (Å²) in [5.74, 6) is -0.775. The Morgan fingerprint density at radius 2 is 1.74 bits per heavy atom. The minimum Gasteiger partial charge on any atom is -0.507 e. The van der Waals surface area contributed by atoms with Gasteiger partial charge in [-0.2, -0.15) is 0 Å². The minimum absolute atomic E-state index is 0.0926. The molecule has 1 amide bonds. The number of pyridine rings is 1. The first-order chi connectivity index (χ1) is 16.4. The van der Waals surface area contributed by atoms with E-state index in [1.54, 1.807) is 12.4 Å². The molecule has 0 bridgehead atoms. The number of nitrogens with zero attached hydrogens (tertiary/aromatic N) is 2. The van der Waals surface area contributed by atoms with Gasteiger partial charge in [-0.05, 0) is 67.3 Å². The molecule has 1 aliphatic rings. The van der Waals surface area contributed by atoms with Crippen molar-refractivity contribution in [1.29, 1.82) is 0 Å². The Bertz CT molecular complexity index is 1230. The van der Waals surface area contributed by atoms with Crippen molar-refractivity contribution in [3.63, 3.8) is 0 Å². The van der Waals surface area contributed by atoms with Crippen molar-refractivity contribution >= 4 is 17.4 Å². The maximum Gasteiger partial charge on any atom is 0.295 e. The van der Waals surface area contributed by atoms with Gasteiger partial charge in [0.2, 0.25) is 0 Å². The molecule has 1 fully saturated rings. The van der Waals surface area contributed by atoms with Crippen LogP contribution in [0.4, 0.5) is 0 Å². The number of hydrogen-bond acceptors (Lipinski definition) is 5. The Morgan fingerprint density at radius 3 is 2.41 bits per heavy atom. The first-order valence-corrected chi connectivity index (χ1v) is 11.4. The van der Waals surface area contributed by atoms with Crippen LogP contribution in [0.5, 0.6) is 5.75 Å². The Kier molecular flexibility index (Phi) is 6.77. The van der Waals surface area contributed by atoms with E-state index in [0.717, 1.165) is 28.7 Å². The molecule has 1 N–H and O–H groups in total. The summed E-state index contributed by atoms with van der Waals surface area (Å²) in [6.45, 7) is 6.65. The summed E-state index contributed by atoms with van der Waals surface area (Å²) in [6, 6.07) is 15.9. The van der Waals surface area contributed by atoms with E-state index < -0.39 is 17.7 Å². The number of benzene rings is 2. The summed E-state index contributed by atoms with van der Waals surface area (Å²) >= 11 is 0. The average molecular weight is 457 g/mol. The van der Waals surface area contributed by atoms with Crippen molar-refractivity contribution in [2.45, 2.75) is 39.8 Å². The molecule has 0 saturated carbocycles. The van der Waals surface area contributed by atoms with E-state index in [9.17, 15) is 14.7 Å². The molecule has 4 rings (SSSR count). The van der Waals surface area contributed by atoms with Crippen LogP contribution in [0.15, 0.2) is 72.6 Å². The van der Waals surface area contributed by atoms with Gasteiger partial charge in [-0.15, -0.1) is 0 Å². The molecule has 0 aliphatic carbocycles. The van der Waals surface area contributed by atoms with Gasteiger partial charge in [0, 0.05) is 24.5 Å². The predicted molar refractivity (Wildman–Crippen MR) is 130 cm³/mol. The molecule has 34 heavy (non-hydrogen) atoms. The maximum absolute atomic E-state index is 13.3. The second-order valence-electron chi connectivity index (χ2n) is 8.52. The molecule has 174 valence electrons. The molecular weight excluding hydrogens is 428 g/mol. The van der Waals surface area contributed by atoms with Gasteiger partial charge in [0.05, 0.1) is 18.2 Å². The number of ketones is 1. The normalized spacial score (nSPS) is 17.3. The number of amides is 1. The Balaban J connectivity index is 1.84. The van der Waals surface area contributed by atoms with Crippen LogP contribution in [0.3, 0.4) is 0 Å². The molecule has 2 aromatic carbocycles. The van der Waals surface area contributed by atoms with Gasteiger partial charge in [0.25, 0.3) is 11.7 Å². The summed E-state index contributed by atoms with van der Waals surface area (Å²) < 4.78 is 5.69. The van der Waals surface area contributed by atoms with E-state index in [-0.39, 0.29) is 17.9 Å². The number of likely N-dealkylation sites (tertiary alicyclic amines) is 1. The number of hydrogen-bond donors (Lipinski definition) is 1. The minimum atomic E-state index is -0.728. The van der Waals surface area contributed by atoms with Crippen LogP contribution in [0.2, 0.25) is 0 Å². The van der Waals surface area contributed by atoms with Crippen LogP contribution in [0.25, 0.3) is 5.76 Å². The van der Waals surface area contributed by atoms with E-state index >= 15 is 0 Å². The third-order valence-corrected chi connectivity index (χ3v) is 5.96. The van der Waals surface area contributed by atoms with Gasteiger partial charge in [0.15, 0.2) is 0 Å². The second kappa shape index (κ2) is 9.91. The van der Waals surface area contributed by atoms with Crippen LogP contribution in [-0.2, 0) is 16.1 Å². The fourth-order valence-electron chi connectivity index (χ4n) is 4.18. The fourth-order valence-corrected chi connectivity index (χ4v) is 4.18. The highest BCUT2D eigenvalue weighted by Crippen LogP contribution is 2.41. The van der Waals surface area contributed by atoms with Gasteiger partial charge in [-0.1, -0.05) is 36.8 Å². The number of aliphatic hydroxyl groups is 1. The molecule has 3 aromatic rings. The number of aliphatic hydroxyl groups excluding tert-OH is 1. The molecule has 1 saturated heterocycles. The second-order valence-corrected chi connectivity index (χ2v) is 8.52. The molecule has 0 radical (unpaired) electrons. The molecule has 2 heterocycles. The highest BCUT2D eigenvalue weighted by molar-refractivity contribution is 6.46. The summed E-state index contributed by atoms with van der Waals surface area (Å²) in [5, 5.41) is 11.3. The fraction of sp³-hybridized carbons (Fsp3) is 0.250. The lowest BCUT2D eigenvalue weighted by Gasteiger charge is -2.25. The van der Waals surface area contributed by atoms with Crippen molar-refractivity contribution in [2.24, 2.45) is 0 Å². The van der Waals surface area contributed by atoms with E-state index in [1.807, 2.05) is 75.4 Å². The molecule has 1 aromatic heterocycles. The van der Waals surface area contributed by atoms with Crippen molar-refractivity contribution in [2.75, 3.05) is 6.61 Å². The van der Waals surface area contributed by atoms with E-state index in [2.05, 4.69) is 4.98 Å². The van der Waals surface area contributed by atoms with Crippen LogP contribution in [0.1, 0.15) is 47.2 Å². The van der Waals surface area contributed by atoms with Gasteiger partial charge < -0.3 is 14.7 Å². The zero-order chi connectivity index (χ0) is 24.2. The summed E-state index contributed by atoms with van der Waals surface area (Å²) in [4.78, 5) is 32.0. The topological polar surface area (TPSA) is 79.7 Å². The number of rotatable bonds is 7. The number of carbonyl (C=O) groups is 2. The largest absolute Gasteiger partial charge is 0.507 e. The third kappa shape index (κ3) is 4.57. The van der Waals surface area contributed by atoms with E-state index in [4.69, 9.17) is 4.74 Å². The molecule has 6 heteroatoms. The smallest absolute Gasteiger partial charge is 0.295 e. The lowest BCUT2D eigenvalue weighted by atomic mass is 9.93. The molecule has 0 spiro atoms. The van der Waals surface area contributed by atoms with Crippen LogP contribution < -0.4 is 4.74 Å². The summed E-state index contributed by atoms with van der Waals surface area (Å²) in [7, 11) is 0. The van der Waals surface area contributed by atoms with Crippen molar-refractivity contribution in [3.8, 4) is 5.75 Å². The first-order valence-electron chi connectivity index (χ1n) is 11.4. The number of aryl methyl sites for hydroxylation is 2. The van der Waals surface area contributed by atoms with Crippen LogP contribution >= 0.6 is 0 Å². The summed E-state index contributed by atoms with van der Waals surface area (Å²) in [5.41, 5.74) is 3.99. The lowest BCUT2D eigenvalue weighted by molar-refractivity contribution is -0.140. The molecular formula is C28H28N2O4. The highest BCUT2D eigenvalue weighted by atomic mass is 16.5. The van der Waals surface area contributed by atoms with Gasteiger partial charge in [0.1, 0.15) is 11.5 Å². The Labute approximate surface area is 199 Å². The number of ether oxygens (including phenoxy) is 1. The quantitative estimate of drug-likeness (QED) is 0.304. The zero-order valence-corrected chi connectivity index (χ0v) is 19.6. The highest BCUT2D eigenvalue weighted by Gasteiger charge is 2.46. The first kappa shape index (κ1) is 23.2. The lowest BCUT2D eigenvalue weighted by Crippen LogP contribution is -2.29. The summed E-state index contributed by atoms with van der Waals surface area (Å²) in [6.07, 6.45) is 4.19. The zero-order valence-electron chi connectivity index (χ0n) is 19.6. The van der Waals surface area contributed by atoms with Crippen LogP contribution in [0, 0.1) is 13.8 Å². The van der Waals surface area contributed by atoms with Crippen molar-refractivity contribution in [1.82, 2.24) is 9.88 Å². The predicted octanol–water partition coefficient (Wildman–Crippen LogP) is 5.11. The Morgan fingerprint density at radius 1 is 1.03 bits per heavy atom. The maximum atomic E-state index is 13.3. The number of aromatic nitrogens is 1. The van der Waals surface area contributed by atoms with Crippen molar-refractivity contribution in [3.05, 3.63) is 100 Å². The SMILES string of the molecule is CCCOc1ccc(C2C(=C(O)c3cc(C)ccc3C)C(=O)C(=O)N2Cc2ccncc2)cc1. The molecule has 1 atom stereocenters. The average Bonchev–Trinajstić information content (AvgIpc) is 3.09. The monoisotopic (exact) mass is 456 g/mol. The number of Topliss-reactive ketones (excluding diaryl/α,β-unsaturated/α-hetero) is 1. The molecule has 1 aliphatic heterocycles. The molecule has 6 nitrogen and oxygen atoms in total. The van der Waals surface area contributed by atoms with E-state index in [1.165, 1.54) is 4.90 Å². The standard InChI is InChI=1S/C28H28N2O4/c1-4-15-34-22-9-7-21(8-10-22)25-24(26(31)23-16-18(2)5-6-19(23)3)27(32)28(33)30(25)17-20-11-13-29-14-12-20/h5-14,16,25,31H,4,15,17H2,1-3H3. The Hall–Kier alpha value is -3.93. The number of carbonyl (C=O) groups excluding carboxylic acids is 2. The van der Waals surface area contributed by atoms with Gasteiger partial charge >= 0.3 is 0 Å². The third-order valence-electron chi connectivity index (χ3n) is 5.96. The van der Waals surface area contributed by atoms with E-state index in [0.29, 0.717) is 17.9 Å².